The predicted molar refractivity (Wildman–Crippen MR) is 76.2 cm³/mol. The molecule has 0 bridgehead atoms. The molecule has 1 rings (SSSR count). The number of terminal acetylenes is 1. The minimum absolute atomic E-state index is 0.140. The number of benzene rings is 1. The topological polar surface area (TPSA) is 69.6 Å². The van der Waals surface area contributed by atoms with Gasteiger partial charge in [0.05, 0.1) is 17.8 Å². The molecule has 19 heavy (non-hydrogen) atoms. The van der Waals surface area contributed by atoms with Crippen molar-refractivity contribution in [3.8, 4) is 12.3 Å². The first-order chi connectivity index (χ1) is 8.99. The third-order valence-electron chi connectivity index (χ3n) is 2.41. The van der Waals surface area contributed by atoms with E-state index in [0.717, 1.165) is 0 Å². The van der Waals surface area contributed by atoms with Crippen molar-refractivity contribution >= 4 is 33.6 Å². The average molecular weight is 325 g/mol. The lowest BCUT2D eigenvalue weighted by Gasteiger charge is -2.19. The van der Waals surface area contributed by atoms with Gasteiger partial charge in [0.1, 0.15) is 0 Å². The second kappa shape index (κ2) is 6.81. The molecule has 0 aliphatic heterocycles. The fourth-order valence-electron chi connectivity index (χ4n) is 1.38. The second-order valence-corrected chi connectivity index (χ2v) is 4.50. The van der Waals surface area contributed by atoms with Gasteiger partial charge in [0.25, 0.3) is 0 Å². The minimum Gasteiger partial charge on any atom is -0.478 e. The lowest BCUT2D eigenvalue weighted by molar-refractivity contribution is 0.0697. The van der Waals surface area contributed by atoms with Crippen molar-refractivity contribution in [3.05, 3.63) is 28.2 Å². The molecule has 0 spiro atoms. The highest BCUT2D eigenvalue weighted by molar-refractivity contribution is 9.10. The van der Waals surface area contributed by atoms with Gasteiger partial charge in [-0.25, -0.2) is 9.59 Å². The van der Waals surface area contributed by atoms with Gasteiger partial charge in [0, 0.05) is 11.0 Å². The number of carbonyl (C=O) groups is 2. The van der Waals surface area contributed by atoms with Crippen LogP contribution in [0.25, 0.3) is 0 Å². The SMILES string of the molecule is C#CCN(CC)C(=O)Nc1ccc(C(=O)O)cc1Br. The summed E-state index contributed by atoms with van der Waals surface area (Å²) in [4.78, 5) is 24.1. The zero-order valence-electron chi connectivity index (χ0n) is 10.3. The zero-order chi connectivity index (χ0) is 14.4. The number of anilines is 1. The molecule has 0 saturated carbocycles. The first kappa shape index (κ1) is 15.1. The van der Waals surface area contributed by atoms with E-state index in [9.17, 15) is 9.59 Å². The molecule has 6 heteroatoms. The van der Waals surface area contributed by atoms with E-state index in [0.29, 0.717) is 16.7 Å². The van der Waals surface area contributed by atoms with Gasteiger partial charge in [-0.1, -0.05) is 5.92 Å². The van der Waals surface area contributed by atoms with Crippen molar-refractivity contribution in [1.29, 1.82) is 0 Å². The molecule has 0 fully saturated rings. The molecule has 0 unspecified atom stereocenters. The number of carbonyl (C=O) groups excluding carboxylic acids is 1. The number of aromatic carboxylic acids is 1. The number of amides is 2. The summed E-state index contributed by atoms with van der Waals surface area (Å²) in [6.45, 7) is 2.52. The molecule has 0 aliphatic carbocycles. The van der Waals surface area contributed by atoms with Crippen LogP contribution in [0, 0.1) is 12.3 Å². The van der Waals surface area contributed by atoms with Gasteiger partial charge in [-0.05, 0) is 41.1 Å². The van der Waals surface area contributed by atoms with Crippen LogP contribution in [-0.4, -0.2) is 35.1 Å². The molecule has 0 aromatic heterocycles. The van der Waals surface area contributed by atoms with Crippen molar-refractivity contribution in [3.63, 3.8) is 0 Å². The number of halogens is 1. The lowest BCUT2D eigenvalue weighted by atomic mass is 10.2. The molecule has 1 aromatic carbocycles. The maximum Gasteiger partial charge on any atom is 0.335 e. The molecular formula is C13H13BrN2O3. The number of urea groups is 1. The Bertz CT molecular complexity index is 537. The van der Waals surface area contributed by atoms with E-state index in [4.69, 9.17) is 11.5 Å². The predicted octanol–water partition coefficient (Wildman–Crippen LogP) is 2.63. The summed E-state index contributed by atoms with van der Waals surface area (Å²) in [5.41, 5.74) is 0.631. The van der Waals surface area contributed by atoms with Gasteiger partial charge in [-0.3, -0.25) is 0 Å². The number of carboxylic acids is 1. The zero-order valence-corrected chi connectivity index (χ0v) is 11.9. The molecule has 0 saturated heterocycles. The first-order valence-electron chi connectivity index (χ1n) is 5.51. The first-order valence-corrected chi connectivity index (χ1v) is 6.31. The van der Waals surface area contributed by atoms with Crippen molar-refractivity contribution in [2.75, 3.05) is 18.4 Å². The third-order valence-corrected chi connectivity index (χ3v) is 3.06. The van der Waals surface area contributed by atoms with E-state index in [-0.39, 0.29) is 18.1 Å². The standard InChI is InChI=1S/C13H13BrN2O3/c1-3-7-16(4-2)13(19)15-11-6-5-9(12(17)18)8-10(11)14/h1,5-6,8H,4,7H2,2H3,(H,15,19)(H,17,18). The highest BCUT2D eigenvalue weighted by atomic mass is 79.9. The Morgan fingerprint density at radius 2 is 2.21 bits per heavy atom. The van der Waals surface area contributed by atoms with E-state index in [1.807, 2.05) is 6.92 Å². The number of nitrogens with one attached hydrogen (secondary N) is 1. The molecule has 2 amide bonds. The van der Waals surface area contributed by atoms with Crippen LogP contribution >= 0.6 is 15.9 Å². The Balaban J connectivity index is 2.85. The van der Waals surface area contributed by atoms with Gasteiger partial charge in [-0.15, -0.1) is 6.42 Å². The molecule has 2 N–H and O–H groups in total. The Hall–Kier alpha value is -2.00. The summed E-state index contributed by atoms with van der Waals surface area (Å²) < 4.78 is 0.498. The van der Waals surface area contributed by atoms with Gasteiger partial charge in [0.2, 0.25) is 0 Å². The minimum atomic E-state index is -1.03. The Morgan fingerprint density at radius 1 is 1.53 bits per heavy atom. The average Bonchev–Trinajstić information content (AvgIpc) is 2.37. The van der Waals surface area contributed by atoms with Crippen LogP contribution in [0.5, 0.6) is 0 Å². The summed E-state index contributed by atoms with van der Waals surface area (Å²) in [5.74, 6) is 1.37. The van der Waals surface area contributed by atoms with Crippen LogP contribution in [0.15, 0.2) is 22.7 Å². The summed E-state index contributed by atoms with van der Waals surface area (Å²) in [6, 6.07) is 4.04. The lowest BCUT2D eigenvalue weighted by Crippen LogP contribution is -2.35. The smallest absolute Gasteiger partial charge is 0.335 e. The Kier molecular flexibility index (Phi) is 5.39. The number of carboxylic acid groups (broad SMARTS) is 1. The van der Waals surface area contributed by atoms with E-state index < -0.39 is 5.97 Å². The number of nitrogens with zero attached hydrogens (tertiary/aromatic N) is 1. The van der Waals surface area contributed by atoms with E-state index in [1.165, 1.54) is 23.1 Å². The molecule has 0 aliphatic rings. The highest BCUT2D eigenvalue weighted by Crippen LogP contribution is 2.24. The van der Waals surface area contributed by atoms with Gasteiger partial charge in [-0.2, -0.15) is 0 Å². The Labute approximate surface area is 119 Å². The van der Waals surface area contributed by atoms with Crippen molar-refractivity contribution in [2.45, 2.75) is 6.92 Å². The van der Waals surface area contributed by atoms with Crippen molar-refractivity contribution in [2.24, 2.45) is 0 Å². The molecular weight excluding hydrogens is 312 g/mol. The highest BCUT2D eigenvalue weighted by Gasteiger charge is 2.13. The fourth-order valence-corrected chi connectivity index (χ4v) is 1.86. The van der Waals surface area contributed by atoms with Crippen molar-refractivity contribution in [1.82, 2.24) is 4.90 Å². The van der Waals surface area contributed by atoms with Crippen LogP contribution in [0.4, 0.5) is 10.5 Å². The molecule has 100 valence electrons. The maximum absolute atomic E-state index is 11.9. The quantitative estimate of drug-likeness (QED) is 0.836. The fraction of sp³-hybridized carbons (Fsp3) is 0.231. The molecule has 0 heterocycles. The third kappa shape index (κ3) is 4.00. The van der Waals surface area contributed by atoms with E-state index in [2.05, 4.69) is 27.2 Å². The van der Waals surface area contributed by atoms with Gasteiger partial charge in [0.15, 0.2) is 0 Å². The van der Waals surface area contributed by atoms with Crippen LogP contribution in [0.1, 0.15) is 17.3 Å². The van der Waals surface area contributed by atoms with Crippen molar-refractivity contribution < 1.29 is 14.7 Å². The van der Waals surface area contributed by atoms with Crippen LogP contribution in [0.2, 0.25) is 0 Å². The Morgan fingerprint density at radius 3 is 2.68 bits per heavy atom. The number of hydrogen-bond donors (Lipinski definition) is 2. The van der Waals surface area contributed by atoms with Crippen LogP contribution < -0.4 is 5.32 Å². The summed E-state index contributed by atoms with van der Waals surface area (Å²) in [5, 5.41) is 11.5. The second-order valence-electron chi connectivity index (χ2n) is 3.65. The largest absolute Gasteiger partial charge is 0.478 e. The molecule has 0 atom stereocenters. The number of hydrogen-bond acceptors (Lipinski definition) is 2. The number of rotatable bonds is 4. The summed E-state index contributed by atoms with van der Waals surface area (Å²) in [6.07, 6.45) is 5.17. The monoisotopic (exact) mass is 324 g/mol. The van der Waals surface area contributed by atoms with Crippen LogP contribution in [-0.2, 0) is 0 Å². The van der Waals surface area contributed by atoms with Gasteiger partial charge < -0.3 is 15.3 Å². The summed E-state index contributed by atoms with van der Waals surface area (Å²) in [7, 11) is 0. The van der Waals surface area contributed by atoms with Gasteiger partial charge >= 0.3 is 12.0 Å². The van der Waals surface area contributed by atoms with E-state index >= 15 is 0 Å². The normalized spacial score (nSPS) is 9.53. The molecule has 5 nitrogen and oxygen atoms in total. The maximum atomic E-state index is 11.9. The van der Waals surface area contributed by atoms with E-state index in [1.54, 1.807) is 0 Å². The van der Waals surface area contributed by atoms with Crippen LogP contribution in [0.3, 0.4) is 0 Å². The molecule has 0 radical (unpaired) electrons. The molecule has 1 aromatic rings. The summed E-state index contributed by atoms with van der Waals surface area (Å²) >= 11 is 3.22.